The van der Waals surface area contributed by atoms with E-state index in [0.29, 0.717) is 5.82 Å². The highest BCUT2D eigenvalue weighted by Gasteiger charge is 2.18. The smallest absolute Gasteiger partial charge is 0.138 e. The van der Waals surface area contributed by atoms with E-state index in [4.69, 9.17) is 10.5 Å². The van der Waals surface area contributed by atoms with Crippen LogP contribution in [0.1, 0.15) is 52.8 Å². The maximum atomic E-state index is 5.83. The van der Waals surface area contributed by atoms with Crippen LogP contribution in [0.25, 0.3) is 0 Å². The minimum absolute atomic E-state index is 0.102. The Morgan fingerprint density at radius 1 is 1.20 bits per heavy atom. The van der Waals surface area contributed by atoms with E-state index in [1.807, 2.05) is 0 Å². The zero-order chi connectivity index (χ0) is 15.0. The van der Waals surface area contributed by atoms with Crippen LogP contribution in [0.3, 0.4) is 0 Å². The van der Waals surface area contributed by atoms with Gasteiger partial charge in [0.15, 0.2) is 0 Å². The van der Waals surface area contributed by atoms with Crippen molar-refractivity contribution in [3.05, 3.63) is 11.9 Å². The summed E-state index contributed by atoms with van der Waals surface area (Å²) < 4.78 is 5.52. The Bertz CT molecular complexity index is 401. The second kappa shape index (κ2) is 8.04. The van der Waals surface area contributed by atoms with Crippen LogP contribution >= 0.6 is 0 Å². The molecule has 5 nitrogen and oxygen atoms in total. The molecule has 0 atom stereocenters. The minimum Gasteiger partial charge on any atom is -0.384 e. The predicted molar refractivity (Wildman–Crippen MR) is 84.0 cm³/mol. The van der Waals surface area contributed by atoms with Crippen LogP contribution in [-0.4, -0.2) is 29.7 Å². The van der Waals surface area contributed by atoms with Gasteiger partial charge in [-0.15, -0.1) is 0 Å². The zero-order valence-corrected chi connectivity index (χ0v) is 13.2. The number of nitrogens with one attached hydrogen (secondary N) is 1. The summed E-state index contributed by atoms with van der Waals surface area (Å²) in [6, 6.07) is 1.77. The lowest BCUT2D eigenvalue weighted by Gasteiger charge is -2.18. The highest BCUT2D eigenvalue weighted by Crippen LogP contribution is 2.21. The fourth-order valence-electron chi connectivity index (χ4n) is 1.63. The van der Waals surface area contributed by atoms with Crippen LogP contribution in [0.5, 0.6) is 0 Å². The molecule has 0 saturated carbocycles. The topological polar surface area (TPSA) is 73.1 Å². The van der Waals surface area contributed by atoms with Crippen LogP contribution in [0.2, 0.25) is 0 Å². The molecule has 0 aromatic carbocycles. The van der Waals surface area contributed by atoms with Crippen molar-refractivity contribution in [1.29, 1.82) is 0 Å². The van der Waals surface area contributed by atoms with Crippen LogP contribution in [0.4, 0.5) is 11.6 Å². The second-order valence-electron chi connectivity index (χ2n) is 6.00. The summed E-state index contributed by atoms with van der Waals surface area (Å²) >= 11 is 0. The summed E-state index contributed by atoms with van der Waals surface area (Å²) in [6.45, 7) is 10.8. The highest BCUT2D eigenvalue weighted by atomic mass is 16.5. The van der Waals surface area contributed by atoms with Crippen LogP contribution in [-0.2, 0) is 10.2 Å². The summed E-state index contributed by atoms with van der Waals surface area (Å²) in [7, 11) is 0. The fourth-order valence-corrected chi connectivity index (χ4v) is 1.63. The average Bonchev–Trinajstić information content (AvgIpc) is 2.36. The molecule has 0 aliphatic carbocycles. The fraction of sp³-hybridized carbons (Fsp3) is 0.733. The van der Waals surface area contributed by atoms with E-state index in [9.17, 15) is 0 Å². The molecule has 1 aromatic rings. The molecule has 0 amide bonds. The van der Waals surface area contributed by atoms with Gasteiger partial charge < -0.3 is 15.8 Å². The van der Waals surface area contributed by atoms with E-state index in [0.717, 1.165) is 44.2 Å². The van der Waals surface area contributed by atoms with Crippen molar-refractivity contribution < 1.29 is 4.74 Å². The maximum absolute atomic E-state index is 5.83. The van der Waals surface area contributed by atoms with E-state index in [-0.39, 0.29) is 5.41 Å². The molecule has 0 aliphatic heterocycles. The molecule has 1 aromatic heterocycles. The molecule has 0 aliphatic rings. The van der Waals surface area contributed by atoms with E-state index in [1.165, 1.54) is 6.42 Å². The molecule has 1 rings (SSSR count). The number of anilines is 2. The average molecular weight is 280 g/mol. The lowest BCUT2D eigenvalue weighted by atomic mass is 9.96. The summed E-state index contributed by atoms with van der Waals surface area (Å²) in [5.74, 6) is 2.06. The van der Waals surface area contributed by atoms with Crippen molar-refractivity contribution in [3.8, 4) is 0 Å². The molecular formula is C15H28N4O. The third kappa shape index (κ3) is 6.19. The van der Waals surface area contributed by atoms with Crippen molar-refractivity contribution in [1.82, 2.24) is 9.97 Å². The van der Waals surface area contributed by atoms with E-state index < -0.39 is 0 Å². The highest BCUT2D eigenvalue weighted by molar-refractivity contribution is 5.45. The van der Waals surface area contributed by atoms with Crippen molar-refractivity contribution >= 4 is 11.6 Å². The van der Waals surface area contributed by atoms with Gasteiger partial charge in [0.25, 0.3) is 0 Å². The van der Waals surface area contributed by atoms with Crippen molar-refractivity contribution in [2.45, 2.75) is 52.4 Å². The Kier molecular flexibility index (Phi) is 6.71. The van der Waals surface area contributed by atoms with Crippen LogP contribution < -0.4 is 11.1 Å². The van der Waals surface area contributed by atoms with Gasteiger partial charge in [-0.05, 0) is 12.8 Å². The Labute approximate surface area is 122 Å². The molecule has 0 spiro atoms. The Balaban J connectivity index is 2.39. The first kappa shape index (κ1) is 16.7. The number of nitrogens with zero attached hydrogens (tertiary/aromatic N) is 2. The maximum Gasteiger partial charge on any atom is 0.138 e. The van der Waals surface area contributed by atoms with Crippen LogP contribution in [0, 0.1) is 0 Å². The Hall–Kier alpha value is -1.36. The van der Waals surface area contributed by atoms with Crippen molar-refractivity contribution in [2.24, 2.45) is 0 Å². The van der Waals surface area contributed by atoms with Crippen molar-refractivity contribution in [3.63, 3.8) is 0 Å². The zero-order valence-electron chi connectivity index (χ0n) is 13.2. The third-order valence-corrected chi connectivity index (χ3v) is 2.83. The summed E-state index contributed by atoms with van der Waals surface area (Å²) in [5.41, 5.74) is 5.72. The van der Waals surface area contributed by atoms with Gasteiger partial charge in [0.05, 0.1) is 0 Å². The first-order chi connectivity index (χ1) is 9.43. The lowest BCUT2D eigenvalue weighted by Crippen LogP contribution is -2.18. The number of ether oxygens (including phenoxy) is 1. The number of hydrogen-bond acceptors (Lipinski definition) is 5. The predicted octanol–water partition coefficient (Wildman–Crippen LogP) is 2.98. The van der Waals surface area contributed by atoms with Crippen LogP contribution in [0.15, 0.2) is 6.07 Å². The van der Waals surface area contributed by atoms with Gasteiger partial charge in [0.2, 0.25) is 0 Å². The molecule has 3 N–H and O–H groups in total. The van der Waals surface area contributed by atoms with Gasteiger partial charge >= 0.3 is 0 Å². The molecule has 1 heterocycles. The molecule has 0 fully saturated rings. The number of nitrogens with two attached hydrogens (primary N) is 1. The quantitative estimate of drug-likeness (QED) is 0.716. The molecule has 0 saturated heterocycles. The minimum atomic E-state index is -0.102. The van der Waals surface area contributed by atoms with Gasteiger partial charge in [0, 0.05) is 31.2 Å². The molecule has 114 valence electrons. The first-order valence-corrected chi connectivity index (χ1v) is 7.40. The van der Waals surface area contributed by atoms with Crippen molar-refractivity contribution in [2.75, 3.05) is 30.8 Å². The normalized spacial score (nSPS) is 11.6. The lowest BCUT2D eigenvalue weighted by molar-refractivity contribution is 0.131. The number of nitrogen functional groups attached to an aromatic ring is 1. The van der Waals surface area contributed by atoms with E-state index >= 15 is 0 Å². The van der Waals surface area contributed by atoms with Gasteiger partial charge in [-0.1, -0.05) is 34.1 Å². The van der Waals surface area contributed by atoms with E-state index in [1.54, 1.807) is 6.07 Å². The number of rotatable bonds is 8. The van der Waals surface area contributed by atoms with Gasteiger partial charge in [0.1, 0.15) is 17.5 Å². The number of aromatic nitrogens is 2. The standard InChI is InChI=1S/C15H28N4O/c1-5-6-9-20-10-7-8-17-13-11-12(16)18-14(19-13)15(2,3)4/h11H,5-10H2,1-4H3,(H3,16,17,18,19). The molecule has 0 bridgehead atoms. The van der Waals surface area contributed by atoms with Gasteiger partial charge in [-0.2, -0.15) is 0 Å². The Morgan fingerprint density at radius 2 is 1.90 bits per heavy atom. The first-order valence-electron chi connectivity index (χ1n) is 7.40. The number of hydrogen-bond donors (Lipinski definition) is 2. The molecule has 0 radical (unpaired) electrons. The van der Waals surface area contributed by atoms with E-state index in [2.05, 4.69) is 43.0 Å². The molecule has 5 heteroatoms. The molecule has 20 heavy (non-hydrogen) atoms. The number of unbranched alkanes of at least 4 members (excludes halogenated alkanes) is 1. The largest absolute Gasteiger partial charge is 0.384 e. The second-order valence-corrected chi connectivity index (χ2v) is 6.00. The SMILES string of the molecule is CCCCOCCCNc1cc(N)nc(C(C)(C)C)n1. The monoisotopic (exact) mass is 280 g/mol. The summed E-state index contributed by atoms with van der Waals surface area (Å²) in [6.07, 6.45) is 3.26. The molecule has 0 unspecified atom stereocenters. The van der Waals surface area contributed by atoms with Gasteiger partial charge in [-0.3, -0.25) is 0 Å². The Morgan fingerprint density at radius 3 is 2.55 bits per heavy atom. The summed E-state index contributed by atoms with van der Waals surface area (Å²) in [4.78, 5) is 8.79. The third-order valence-electron chi connectivity index (χ3n) is 2.83. The molecular weight excluding hydrogens is 252 g/mol. The summed E-state index contributed by atoms with van der Waals surface area (Å²) in [5, 5.41) is 3.28. The van der Waals surface area contributed by atoms with Gasteiger partial charge in [-0.25, -0.2) is 9.97 Å².